The standard InChI is InChI=1S/C20H15Cl2NO2/c21-16-8-11-18(22)19(12-16)23-20(24)15-6-9-17(10-7-15)25-13-14-4-2-1-3-5-14/h1-12H,13H2,(H,23,24). The smallest absolute Gasteiger partial charge is 0.255 e. The van der Waals surface area contributed by atoms with Crippen LogP contribution in [-0.2, 0) is 6.61 Å². The highest BCUT2D eigenvalue weighted by Crippen LogP contribution is 2.26. The van der Waals surface area contributed by atoms with Crippen LogP contribution in [0.1, 0.15) is 15.9 Å². The van der Waals surface area contributed by atoms with Crippen molar-refractivity contribution in [2.24, 2.45) is 0 Å². The highest BCUT2D eigenvalue weighted by molar-refractivity contribution is 6.35. The average molecular weight is 372 g/mol. The number of ether oxygens (including phenoxy) is 1. The fourth-order valence-electron chi connectivity index (χ4n) is 2.23. The third-order valence-electron chi connectivity index (χ3n) is 3.54. The summed E-state index contributed by atoms with van der Waals surface area (Å²) in [4.78, 5) is 12.3. The van der Waals surface area contributed by atoms with Gasteiger partial charge in [-0.25, -0.2) is 0 Å². The summed E-state index contributed by atoms with van der Waals surface area (Å²) < 4.78 is 5.71. The van der Waals surface area contributed by atoms with Crippen LogP contribution in [-0.4, -0.2) is 5.91 Å². The number of anilines is 1. The fourth-order valence-corrected chi connectivity index (χ4v) is 2.57. The molecule has 0 aromatic heterocycles. The highest BCUT2D eigenvalue weighted by Gasteiger charge is 2.09. The molecule has 5 heteroatoms. The van der Waals surface area contributed by atoms with E-state index in [1.165, 1.54) is 0 Å². The van der Waals surface area contributed by atoms with Crippen molar-refractivity contribution in [3.8, 4) is 5.75 Å². The van der Waals surface area contributed by atoms with E-state index in [0.717, 1.165) is 5.56 Å². The average Bonchev–Trinajstić information content (AvgIpc) is 2.64. The van der Waals surface area contributed by atoms with Gasteiger partial charge in [0.05, 0.1) is 10.7 Å². The molecule has 0 atom stereocenters. The summed E-state index contributed by atoms with van der Waals surface area (Å²) in [5.74, 6) is 0.431. The molecule has 0 fully saturated rings. The molecule has 0 saturated heterocycles. The second-order valence-corrected chi connectivity index (χ2v) is 6.22. The summed E-state index contributed by atoms with van der Waals surface area (Å²) in [6.07, 6.45) is 0. The van der Waals surface area contributed by atoms with Crippen molar-refractivity contribution in [2.75, 3.05) is 5.32 Å². The van der Waals surface area contributed by atoms with Crippen molar-refractivity contribution in [1.29, 1.82) is 0 Å². The Morgan fingerprint density at radius 1 is 0.920 bits per heavy atom. The number of carbonyl (C=O) groups excluding carboxylic acids is 1. The number of halogens is 2. The SMILES string of the molecule is O=C(Nc1cc(Cl)ccc1Cl)c1ccc(OCc2ccccc2)cc1. The van der Waals surface area contributed by atoms with Gasteiger partial charge in [-0.3, -0.25) is 4.79 Å². The van der Waals surface area contributed by atoms with Crippen molar-refractivity contribution in [3.05, 3.63) is 94.0 Å². The van der Waals surface area contributed by atoms with E-state index in [-0.39, 0.29) is 5.91 Å². The van der Waals surface area contributed by atoms with Gasteiger partial charge in [-0.05, 0) is 48.0 Å². The number of hydrogen-bond acceptors (Lipinski definition) is 2. The number of amides is 1. The molecule has 0 aliphatic carbocycles. The molecule has 25 heavy (non-hydrogen) atoms. The molecule has 0 bridgehead atoms. The summed E-state index contributed by atoms with van der Waals surface area (Å²) in [6, 6.07) is 21.7. The summed E-state index contributed by atoms with van der Waals surface area (Å²) in [7, 11) is 0. The van der Waals surface area contributed by atoms with E-state index in [0.29, 0.717) is 33.7 Å². The van der Waals surface area contributed by atoms with Crippen LogP contribution in [0.4, 0.5) is 5.69 Å². The first-order chi connectivity index (χ1) is 12.1. The molecule has 0 radical (unpaired) electrons. The van der Waals surface area contributed by atoms with Gasteiger partial charge < -0.3 is 10.1 Å². The van der Waals surface area contributed by atoms with E-state index in [1.807, 2.05) is 30.3 Å². The molecular formula is C20H15Cl2NO2. The predicted octanol–water partition coefficient (Wildman–Crippen LogP) is 5.82. The maximum Gasteiger partial charge on any atom is 0.255 e. The Bertz CT molecular complexity index is 865. The third-order valence-corrected chi connectivity index (χ3v) is 4.11. The predicted molar refractivity (Wildman–Crippen MR) is 102 cm³/mol. The van der Waals surface area contributed by atoms with Gasteiger partial charge in [-0.2, -0.15) is 0 Å². The lowest BCUT2D eigenvalue weighted by molar-refractivity contribution is 0.102. The molecule has 3 aromatic carbocycles. The molecule has 0 unspecified atom stereocenters. The lowest BCUT2D eigenvalue weighted by Gasteiger charge is -2.09. The normalized spacial score (nSPS) is 10.3. The van der Waals surface area contributed by atoms with E-state index in [9.17, 15) is 4.79 Å². The largest absolute Gasteiger partial charge is 0.489 e. The molecule has 0 aliphatic rings. The van der Waals surface area contributed by atoms with Gasteiger partial charge in [0, 0.05) is 10.6 Å². The summed E-state index contributed by atoms with van der Waals surface area (Å²) in [5, 5.41) is 3.68. The molecule has 3 nitrogen and oxygen atoms in total. The second kappa shape index (κ2) is 8.06. The first-order valence-corrected chi connectivity index (χ1v) is 8.40. The summed E-state index contributed by atoms with van der Waals surface area (Å²) in [5.41, 5.74) is 2.06. The van der Waals surface area contributed by atoms with Gasteiger partial charge in [0.25, 0.3) is 5.91 Å². The van der Waals surface area contributed by atoms with E-state index >= 15 is 0 Å². The van der Waals surface area contributed by atoms with Gasteiger partial charge in [0.15, 0.2) is 0 Å². The molecule has 126 valence electrons. The lowest BCUT2D eigenvalue weighted by atomic mass is 10.2. The molecule has 1 amide bonds. The molecule has 3 aromatic rings. The van der Waals surface area contributed by atoms with Crippen LogP contribution < -0.4 is 10.1 Å². The zero-order valence-electron chi connectivity index (χ0n) is 13.2. The molecular weight excluding hydrogens is 357 g/mol. The zero-order valence-corrected chi connectivity index (χ0v) is 14.7. The van der Waals surface area contributed by atoms with Crippen LogP contribution in [0.5, 0.6) is 5.75 Å². The van der Waals surface area contributed by atoms with E-state index in [1.54, 1.807) is 42.5 Å². The van der Waals surface area contributed by atoms with Gasteiger partial charge in [-0.15, -0.1) is 0 Å². The van der Waals surface area contributed by atoms with E-state index in [2.05, 4.69) is 5.32 Å². The zero-order chi connectivity index (χ0) is 17.6. The van der Waals surface area contributed by atoms with Crippen LogP contribution in [0.15, 0.2) is 72.8 Å². The van der Waals surface area contributed by atoms with Gasteiger partial charge >= 0.3 is 0 Å². The topological polar surface area (TPSA) is 38.3 Å². The fraction of sp³-hybridized carbons (Fsp3) is 0.0500. The Kier molecular flexibility index (Phi) is 5.59. The monoisotopic (exact) mass is 371 g/mol. The molecule has 0 heterocycles. The molecule has 0 aliphatic heterocycles. The molecule has 3 rings (SSSR count). The second-order valence-electron chi connectivity index (χ2n) is 5.38. The van der Waals surface area contributed by atoms with Gasteiger partial charge in [0.1, 0.15) is 12.4 Å². The third kappa shape index (κ3) is 4.75. The van der Waals surface area contributed by atoms with Crippen LogP contribution in [0.3, 0.4) is 0 Å². The molecule has 0 saturated carbocycles. The van der Waals surface area contributed by atoms with Crippen LogP contribution in [0.2, 0.25) is 10.0 Å². The van der Waals surface area contributed by atoms with Crippen molar-refractivity contribution in [3.63, 3.8) is 0 Å². The highest BCUT2D eigenvalue weighted by atomic mass is 35.5. The minimum Gasteiger partial charge on any atom is -0.489 e. The lowest BCUT2D eigenvalue weighted by Crippen LogP contribution is -2.12. The summed E-state index contributed by atoms with van der Waals surface area (Å²) >= 11 is 12.0. The maximum absolute atomic E-state index is 12.3. The van der Waals surface area contributed by atoms with Crippen LogP contribution in [0.25, 0.3) is 0 Å². The van der Waals surface area contributed by atoms with Crippen LogP contribution >= 0.6 is 23.2 Å². The van der Waals surface area contributed by atoms with Crippen molar-refractivity contribution in [2.45, 2.75) is 6.61 Å². The quantitative estimate of drug-likeness (QED) is 0.612. The van der Waals surface area contributed by atoms with Gasteiger partial charge in [-0.1, -0.05) is 53.5 Å². The van der Waals surface area contributed by atoms with Crippen molar-refractivity contribution in [1.82, 2.24) is 0 Å². The first kappa shape index (κ1) is 17.3. The number of carbonyl (C=O) groups is 1. The molecule has 0 spiro atoms. The van der Waals surface area contributed by atoms with Crippen molar-refractivity contribution >= 4 is 34.8 Å². The number of benzene rings is 3. The summed E-state index contributed by atoms with van der Waals surface area (Å²) in [6.45, 7) is 0.477. The number of nitrogens with one attached hydrogen (secondary N) is 1. The Labute approximate surface area is 156 Å². The van der Waals surface area contributed by atoms with E-state index < -0.39 is 0 Å². The van der Waals surface area contributed by atoms with Crippen LogP contribution in [0, 0.1) is 0 Å². The Hall–Kier alpha value is -2.49. The Balaban J connectivity index is 1.63. The first-order valence-electron chi connectivity index (χ1n) is 7.65. The minimum atomic E-state index is -0.265. The number of hydrogen-bond donors (Lipinski definition) is 1. The minimum absolute atomic E-state index is 0.265. The maximum atomic E-state index is 12.3. The molecule has 1 N–H and O–H groups in total. The van der Waals surface area contributed by atoms with Crippen molar-refractivity contribution < 1.29 is 9.53 Å². The van der Waals surface area contributed by atoms with E-state index in [4.69, 9.17) is 27.9 Å². The van der Waals surface area contributed by atoms with Gasteiger partial charge in [0.2, 0.25) is 0 Å². The Morgan fingerprint density at radius 3 is 2.36 bits per heavy atom. The Morgan fingerprint density at radius 2 is 1.64 bits per heavy atom. The number of rotatable bonds is 5.